The Morgan fingerprint density at radius 3 is 2.06 bits per heavy atom. The summed E-state index contributed by atoms with van der Waals surface area (Å²) in [5.41, 5.74) is 3.61. The fourth-order valence-electron chi connectivity index (χ4n) is 3.89. The molecular weight excluding hydrogens is 436 g/mol. The normalized spacial score (nSPS) is 12.0. The van der Waals surface area contributed by atoms with Gasteiger partial charge in [-0.05, 0) is 62.9 Å². The van der Waals surface area contributed by atoms with Gasteiger partial charge in [-0.25, -0.2) is 0 Å². The highest BCUT2D eigenvalue weighted by atomic mass is 16.5. The maximum Gasteiger partial charge on any atom is 0.261 e. The van der Waals surface area contributed by atoms with Gasteiger partial charge in [0.25, 0.3) is 5.91 Å². The number of aryl methyl sites for hydroxylation is 1. The summed E-state index contributed by atoms with van der Waals surface area (Å²) in [5.74, 6) is 0.258. The molecule has 3 aromatic rings. The zero-order chi connectivity index (χ0) is 25.4. The highest BCUT2D eigenvalue weighted by Gasteiger charge is 2.32. The Labute approximate surface area is 209 Å². The Hall–Kier alpha value is -3.60. The van der Waals surface area contributed by atoms with Gasteiger partial charge >= 0.3 is 0 Å². The van der Waals surface area contributed by atoms with Gasteiger partial charge < -0.3 is 15.0 Å². The van der Waals surface area contributed by atoms with Gasteiger partial charge in [-0.2, -0.15) is 0 Å². The number of rotatable bonds is 9. The Morgan fingerprint density at radius 2 is 1.46 bits per heavy atom. The van der Waals surface area contributed by atoms with E-state index in [2.05, 4.69) is 5.32 Å². The highest BCUT2D eigenvalue weighted by molar-refractivity contribution is 5.89. The van der Waals surface area contributed by atoms with E-state index in [9.17, 15) is 9.59 Å². The average molecular weight is 473 g/mol. The Kier molecular flexibility index (Phi) is 8.69. The number of carbonyl (C=O) groups excluding carboxylic acids is 2. The molecule has 0 aliphatic rings. The largest absolute Gasteiger partial charge is 0.483 e. The van der Waals surface area contributed by atoms with Crippen LogP contribution in [0.2, 0.25) is 0 Å². The molecule has 0 saturated carbocycles. The molecule has 35 heavy (non-hydrogen) atoms. The predicted molar refractivity (Wildman–Crippen MR) is 140 cm³/mol. The maximum absolute atomic E-state index is 13.6. The van der Waals surface area contributed by atoms with E-state index in [1.165, 1.54) is 0 Å². The fourth-order valence-corrected chi connectivity index (χ4v) is 3.89. The molecule has 0 bridgehead atoms. The van der Waals surface area contributed by atoms with E-state index in [1.807, 2.05) is 113 Å². The summed E-state index contributed by atoms with van der Waals surface area (Å²) in [7, 11) is 0. The molecule has 0 radical (unpaired) electrons. The zero-order valence-electron chi connectivity index (χ0n) is 21.4. The van der Waals surface area contributed by atoms with Crippen LogP contribution < -0.4 is 10.1 Å². The summed E-state index contributed by atoms with van der Waals surface area (Å²) in [6, 6.07) is 24.6. The molecule has 3 aromatic carbocycles. The van der Waals surface area contributed by atoms with Crippen molar-refractivity contribution in [2.75, 3.05) is 6.61 Å². The van der Waals surface area contributed by atoms with Crippen molar-refractivity contribution in [1.82, 2.24) is 10.2 Å². The van der Waals surface area contributed by atoms with Crippen LogP contribution in [0, 0.1) is 13.8 Å². The second kappa shape index (κ2) is 11.7. The van der Waals surface area contributed by atoms with Gasteiger partial charge in [-0.3, -0.25) is 9.59 Å². The number of benzene rings is 3. The zero-order valence-corrected chi connectivity index (χ0v) is 21.4. The topological polar surface area (TPSA) is 58.6 Å². The molecule has 0 unspecified atom stereocenters. The molecular formula is C30H36N2O3. The van der Waals surface area contributed by atoms with Crippen LogP contribution in [0.25, 0.3) is 0 Å². The summed E-state index contributed by atoms with van der Waals surface area (Å²) in [6.07, 6.45) is 0.408. The first-order valence-electron chi connectivity index (χ1n) is 12.0. The molecule has 1 atom stereocenters. The summed E-state index contributed by atoms with van der Waals surface area (Å²) >= 11 is 0. The van der Waals surface area contributed by atoms with Gasteiger partial charge in [-0.15, -0.1) is 0 Å². The summed E-state index contributed by atoms with van der Waals surface area (Å²) in [6.45, 7) is 9.98. The number of hydrogen-bond acceptors (Lipinski definition) is 3. The predicted octanol–water partition coefficient (Wildman–Crippen LogP) is 5.24. The van der Waals surface area contributed by atoms with E-state index in [0.717, 1.165) is 22.3 Å². The Bertz CT molecular complexity index is 1120. The monoisotopic (exact) mass is 472 g/mol. The molecule has 0 aromatic heterocycles. The molecule has 0 aliphatic heterocycles. The summed E-state index contributed by atoms with van der Waals surface area (Å²) < 4.78 is 5.96. The third-order valence-corrected chi connectivity index (χ3v) is 5.87. The fraction of sp³-hybridized carbons (Fsp3) is 0.333. The number of carbonyl (C=O) groups is 2. The molecule has 3 rings (SSSR count). The van der Waals surface area contributed by atoms with E-state index in [4.69, 9.17) is 4.74 Å². The standard InChI is InChI=1S/C30H36N2O3/c1-22-13-12-18-27(23(22)2)35-21-28(33)32(20-25-16-10-7-11-17-25)26(29(34)31-30(3,4)5)19-24-14-8-6-9-15-24/h6-18,26H,19-21H2,1-5H3,(H,31,34)/t26-/m1/s1. The van der Waals surface area contributed by atoms with E-state index in [-0.39, 0.29) is 18.4 Å². The number of hydrogen-bond donors (Lipinski definition) is 1. The lowest BCUT2D eigenvalue weighted by Gasteiger charge is -2.33. The molecule has 0 saturated heterocycles. The lowest BCUT2D eigenvalue weighted by Crippen LogP contribution is -2.55. The van der Waals surface area contributed by atoms with Crippen molar-refractivity contribution >= 4 is 11.8 Å². The average Bonchev–Trinajstić information content (AvgIpc) is 2.82. The van der Waals surface area contributed by atoms with Crippen molar-refractivity contribution in [3.05, 3.63) is 101 Å². The van der Waals surface area contributed by atoms with Crippen LogP contribution >= 0.6 is 0 Å². The molecule has 2 amide bonds. The summed E-state index contributed by atoms with van der Waals surface area (Å²) in [5, 5.41) is 3.08. The van der Waals surface area contributed by atoms with Gasteiger partial charge in [0, 0.05) is 18.5 Å². The van der Waals surface area contributed by atoms with Crippen LogP contribution in [-0.4, -0.2) is 34.9 Å². The SMILES string of the molecule is Cc1cccc(OCC(=O)N(Cc2ccccc2)[C@H](Cc2ccccc2)C(=O)NC(C)(C)C)c1C. The van der Waals surface area contributed by atoms with E-state index in [0.29, 0.717) is 18.7 Å². The van der Waals surface area contributed by atoms with Crippen molar-refractivity contribution in [3.63, 3.8) is 0 Å². The lowest BCUT2D eigenvalue weighted by molar-refractivity contribution is -0.143. The number of ether oxygens (including phenoxy) is 1. The second-order valence-electron chi connectivity index (χ2n) is 9.94. The van der Waals surface area contributed by atoms with Crippen molar-refractivity contribution in [1.29, 1.82) is 0 Å². The van der Waals surface area contributed by atoms with Gasteiger partial charge in [0.1, 0.15) is 11.8 Å². The van der Waals surface area contributed by atoms with Gasteiger partial charge in [0.15, 0.2) is 6.61 Å². The van der Waals surface area contributed by atoms with Crippen molar-refractivity contribution < 1.29 is 14.3 Å². The lowest BCUT2D eigenvalue weighted by atomic mass is 10.0. The van der Waals surface area contributed by atoms with Gasteiger partial charge in [-0.1, -0.05) is 72.8 Å². The van der Waals surface area contributed by atoms with Crippen LogP contribution in [0.3, 0.4) is 0 Å². The van der Waals surface area contributed by atoms with Gasteiger partial charge in [0.05, 0.1) is 0 Å². The smallest absolute Gasteiger partial charge is 0.261 e. The van der Waals surface area contributed by atoms with E-state index in [1.54, 1.807) is 4.90 Å². The molecule has 184 valence electrons. The third-order valence-electron chi connectivity index (χ3n) is 5.87. The first-order valence-corrected chi connectivity index (χ1v) is 12.0. The van der Waals surface area contributed by atoms with Crippen molar-refractivity contribution in [3.8, 4) is 5.75 Å². The van der Waals surface area contributed by atoms with Crippen molar-refractivity contribution in [2.24, 2.45) is 0 Å². The van der Waals surface area contributed by atoms with Crippen LogP contribution in [0.4, 0.5) is 0 Å². The van der Waals surface area contributed by atoms with Gasteiger partial charge in [0.2, 0.25) is 5.91 Å². The Balaban J connectivity index is 1.92. The minimum absolute atomic E-state index is 0.148. The van der Waals surface area contributed by atoms with Crippen molar-refractivity contribution in [2.45, 2.75) is 59.2 Å². The minimum atomic E-state index is -0.688. The van der Waals surface area contributed by atoms with E-state index < -0.39 is 11.6 Å². The van der Waals surface area contributed by atoms with Crippen LogP contribution in [0.1, 0.15) is 43.0 Å². The first-order chi connectivity index (χ1) is 16.6. The maximum atomic E-state index is 13.6. The summed E-state index contributed by atoms with van der Waals surface area (Å²) in [4.78, 5) is 28.8. The van der Waals surface area contributed by atoms with Crippen LogP contribution in [0.5, 0.6) is 5.75 Å². The number of nitrogens with zero attached hydrogens (tertiary/aromatic N) is 1. The quantitative estimate of drug-likeness (QED) is 0.464. The molecule has 0 heterocycles. The van der Waals surface area contributed by atoms with E-state index >= 15 is 0 Å². The number of nitrogens with one attached hydrogen (secondary N) is 1. The molecule has 0 spiro atoms. The molecule has 1 N–H and O–H groups in total. The first kappa shape index (κ1) is 26.0. The molecule has 0 fully saturated rings. The third kappa shape index (κ3) is 7.71. The second-order valence-corrected chi connectivity index (χ2v) is 9.94. The van der Waals surface area contributed by atoms with Crippen LogP contribution in [-0.2, 0) is 22.6 Å². The molecule has 0 aliphatic carbocycles. The Morgan fingerprint density at radius 1 is 0.857 bits per heavy atom. The van der Waals surface area contributed by atoms with Crippen LogP contribution in [0.15, 0.2) is 78.9 Å². The number of amides is 2. The molecule has 5 nitrogen and oxygen atoms in total. The highest BCUT2D eigenvalue weighted by Crippen LogP contribution is 2.21. The minimum Gasteiger partial charge on any atom is -0.483 e. The molecule has 5 heteroatoms.